The summed E-state index contributed by atoms with van der Waals surface area (Å²) in [6.07, 6.45) is 62.5. The van der Waals surface area contributed by atoms with Gasteiger partial charge in [-0.2, -0.15) is 0 Å². The number of carbonyl (C=O) groups excluding carboxylic acids is 4. The fourth-order valence-corrected chi connectivity index (χ4v) is 14.1. The SMILES string of the molecule is CCCCCCCCCCCCCCCCCCCCCCC(=O)O[C@H](COC(=O)CCCCCCCCCCCCCCCCC(C)C)COP(=O)(O)OC[C@@H](O)COP(=O)(O)OC[C@@H](COC(=O)CCCCCCCCCCC(C)C)OC(=O)CCCCCCCCCCCCCC. The van der Waals surface area contributed by atoms with E-state index in [0.29, 0.717) is 25.7 Å². The van der Waals surface area contributed by atoms with Crippen molar-refractivity contribution in [1.82, 2.24) is 0 Å². The Hall–Kier alpha value is -1.94. The summed E-state index contributed by atoms with van der Waals surface area (Å²) in [6, 6.07) is 0. The average molecular weight is 1470 g/mol. The Morgan fingerprint density at radius 2 is 0.460 bits per heavy atom. The summed E-state index contributed by atoms with van der Waals surface area (Å²) in [6.45, 7) is 9.62. The monoisotopic (exact) mass is 1470 g/mol. The van der Waals surface area contributed by atoms with Crippen LogP contribution >= 0.6 is 15.6 Å². The summed E-state index contributed by atoms with van der Waals surface area (Å²) in [7, 11) is -9.92. The van der Waals surface area contributed by atoms with E-state index in [2.05, 4.69) is 41.5 Å². The van der Waals surface area contributed by atoms with E-state index in [1.54, 1.807) is 0 Å². The van der Waals surface area contributed by atoms with Crippen LogP contribution in [0.5, 0.6) is 0 Å². The molecule has 0 rings (SSSR count). The van der Waals surface area contributed by atoms with E-state index < -0.39 is 97.5 Å². The first-order chi connectivity index (χ1) is 48.4. The molecule has 594 valence electrons. The van der Waals surface area contributed by atoms with Gasteiger partial charge in [-0.3, -0.25) is 37.3 Å². The predicted molar refractivity (Wildman–Crippen MR) is 409 cm³/mol. The van der Waals surface area contributed by atoms with Gasteiger partial charge in [0.05, 0.1) is 26.4 Å². The van der Waals surface area contributed by atoms with Crippen LogP contribution in [0.25, 0.3) is 0 Å². The highest BCUT2D eigenvalue weighted by molar-refractivity contribution is 7.47. The first-order valence-electron chi connectivity index (χ1n) is 42.0. The second-order valence-corrected chi connectivity index (χ2v) is 33.0. The summed E-state index contributed by atoms with van der Waals surface area (Å²) >= 11 is 0. The minimum absolute atomic E-state index is 0.107. The molecule has 0 aliphatic heterocycles. The minimum atomic E-state index is -4.96. The van der Waals surface area contributed by atoms with Crippen molar-refractivity contribution < 1.29 is 80.2 Å². The Morgan fingerprint density at radius 3 is 0.680 bits per heavy atom. The lowest BCUT2D eigenvalue weighted by molar-refractivity contribution is -0.161. The largest absolute Gasteiger partial charge is 0.472 e. The van der Waals surface area contributed by atoms with Crippen molar-refractivity contribution in [2.45, 2.75) is 445 Å². The van der Waals surface area contributed by atoms with Crippen molar-refractivity contribution in [3.8, 4) is 0 Å². The third-order valence-corrected chi connectivity index (χ3v) is 20.9. The number of aliphatic hydroxyl groups excluding tert-OH is 1. The highest BCUT2D eigenvalue weighted by Gasteiger charge is 2.30. The van der Waals surface area contributed by atoms with E-state index >= 15 is 0 Å². The number of phosphoric ester groups is 2. The van der Waals surface area contributed by atoms with Crippen LogP contribution in [0, 0.1) is 11.8 Å². The number of phosphoric acid groups is 2. The minimum Gasteiger partial charge on any atom is -0.462 e. The van der Waals surface area contributed by atoms with Crippen molar-refractivity contribution in [3.05, 3.63) is 0 Å². The summed E-state index contributed by atoms with van der Waals surface area (Å²) in [4.78, 5) is 73.0. The van der Waals surface area contributed by atoms with E-state index in [1.807, 2.05) is 0 Å². The van der Waals surface area contributed by atoms with Gasteiger partial charge in [0.2, 0.25) is 0 Å². The summed E-state index contributed by atoms with van der Waals surface area (Å²) in [5, 5.41) is 10.6. The molecule has 100 heavy (non-hydrogen) atoms. The Balaban J connectivity index is 5.23. The van der Waals surface area contributed by atoms with Crippen molar-refractivity contribution in [1.29, 1.82) is 0 Å². The van der Waals surface area contributed by atoms with E-state index in [4.69, 9.17) is 37.0 Å². The molecule has 2 unspecified atom stereocenters. The number of hydrogen-bond donors (Lipinski definition) is 3. The average Bonchev–Trinajstić information content (AvgIpc) is 0.919. The van der Waals surface area contributed by atoms with Crippen LogP contribution in [0.15, 0.2) is 0 Å². The Bertz CT molecular complexity index is 1920. The van der Waals surface area contributed by atoms with Crippen molar-refractivity contribution in [2.75, 3.05) is 39.6 Å². The molecular weight excluding hydrogens is 1310 g/mol. The molecule has 0 aliphatic carbocycles. The van der Waals surface area contributed by atoms with Crippen LogP contribution in [0.3, 0.4) is 0 Å². The molecule has 0 saturated heterocycles. The van der Waals surface area contributed by atoms with Crippen LogP contribution in [-0.4, -0.2) is 96.7 Å². The second kappa shape index (κ2) is 72.6. The van der Waals surface area contributed by atoms with Crippen LogP contribution in [0.1, 0.15) is 427 Å². The number of rotatable bonds is 80. The standard InChI is InChI=1S/C81H158O17P2/c1-7-9-11-13-15-17-19-21-22-23-24-25-26-27-32-36-40-48-54-60-66-81(86)97-76(69-91-78(83)63-57-51-45-38-35-31-29-28-30-33-37-43-49-55-61-73(3)4)71-95-99(87,88)93-67-75(82)68-94-100(89,90)96-72-77(70-92-79(84)64-58-52-46-42-41-44-50-56-62-74(5)6)98-80(85)65-59-53-47-39-34-20-18-16-14-12-10-8-2/h73-77,82H,7-72H2,1-6H3,(H,87,88)(H,89,90)/t75-,76-,77-/m1/s1. The van der Waals surface area contributed by atoms with Gasteiger partial charge >= 0.3 is 39.5 Å². The molecular formula is C81H158O17P2. The molecule has 0 aromatic heterocycles. The first kappa shape index (κ1) is 98.1. The van der Waals surface area contributed by atoms with Crippen LogP contribution in [0.2, 0.25) is 0 Å². The number of unbranched alkanes of at least 4 members (excludes halogenated alkanes) is 50. The molecule has 0 fully saturated rings. The number of hydrogen-bond acceptors (Lipinski definition) is 15. The number of ether oxygens (including phenoxy) is 4. The Labute approximate surface area is 613 Å². The third-order valence-electron chi connectivity index (χ3n) is 19.0. The zero-order chi connectivity index (χ0) is 73.5. The molecule has 3 N–H and O–H groups in total. The van der Waals surface area contributed by atoms with Crippen LogP contribution < -0.4 is 0 Å². The second-order valence-electron chi connectivity index (χ2n) is 30.1. The van der Waals surface area contributed by atoms with Gasteiger partial charge in [0, 0.05) is 25.7 Å². The maximum absolute atomic E-state index is 13.1. The van der Waals surface area contributed by atoms with Gasteiger partial charge in [0.15, 0.2) is 12.2 Å². The lowest BCUT2D eigenvalue weighted by atomic mass is 10.0. The van der Waals surface area contributed by atoms with E-state index in [-0.39, 0.29) is 25.7 Å². The first-order valence-corrected chi connectivity index (χ1v) is 45.0. The molecule has 0 bridgehead atoms. The highest BCUT2D eigenvalue weighted by atomic mass is 31.2. The smallest absolute Gasteiger partial charge is 0.462 e. The van der Waals surface area contributed by atoms with Crippen molar-refractivity contribution >= 4 is 39.5 Å². The Morgan fingerprint density at radius 1 is 0.270 bits per heavy atom. The third kappa shape index (κ3) is 74.3. The van der Waals surface area contributed by atoms with Gasteiger partial charge in [-0.05, 0) is 37.5 Å². The molecule has 0 spiro atoms. The van der Waals surface area contributed by atoms with Crippen LogP contribution in [-0.2, 0) is 65.4 Å². The molecule has 0 aliphatic rings. The molecule has 0 saturated carbocycles. The number of esters is 4. The lowest BCUT2D eigenvalue weighted by Gasteiger charge is -2.21. The molecule has 19 heteroatoms. The molecule has 0 aromatic carbocycles. The van der Waals surface area contributed by atoms with E-state index in [1.165, 1.54) is 244 Å². The zero-order valence-corrected chi connectivity index (χ0v) is 67.3. The van der Waals surface area contributed by atoms with E-state index in [0.717, 1.165) is 102 Å². The maximum atomic E-state index is 13.1. The Kier molecular flexibility index (Phi) is 71.2. The highest BCUT2D eigenvalue weighted by Crippen LogP contribution is 2.45. The van der Waals surface area contributed by atoms with Gasteiger partial charge in [0.25, 0.3) is 0 Å². The normalized spacial score (nSPS) is 13.9. The van der Waals surface area contributed by atoms with Gasteiger partial charge in [0.1, 0.15) is 19.3 Å². The van der Waals surface area contributed by atoms with Crippen molar-refractivity contribution in [2.24, 2.45) is 11.8 Å². The molecule has 0 radical (unpaired) electrons. The van der Waals surface area contributed by atoms with Gasteiger partial charge in [-0.1, -0.05) is 375 Å². The van der Waals surface area contributed by atoms with Gasteiger partial charge < -0.3 is 33.8 Å². The fourth-order valence-electron chi connectivity index (χ4n) is 12.5. The van der Waals surface area contributed by atoms with Crippen molar-refractivity contribution in [3.63, 3.8) is 0 Å². The lowest BCUT2D eigenvalue weighted by Crippen LogP contribution is -2.30. The molecule has 0 amide bonds. The number of carbonyl (C=O) groups is 4. The summed E-state index contributed by atoms with van der Waals surface area (Å²) in [5.74, 6) is -0.583. The molecule has 0 heterocycles. The molecule has 0 aromatic rings. The van der Waals surface area contributed by atoms with Crippen LogP contribution in [0.4, 0.5) is 0 Å². The zero-order valence-electron chi connectivity index (χ0n) is 65.5. The van der Waals surface area contributed by atoms with Gasteiger partial charge in [-0.15, -0.1) is 0 Å². The molecule has 5 atom stereocenters. The summed E-state index contributed by atoms with van der Waals surface area (Å²) in [5.41, 5.74) is 0. The predicted octanol–water partition coefficient (Wildman–Crippen LogP) is 24.3. The fraction of sp³-hybridized carbons (Fsp3) is 0.951. The van der Waals surface area contributed by atoms with E-state index in [9.17, 15) is 43.2 Å². The van der Waals surface area contributed by atoms with Gasteiger partial charge in [-0.25, -0.2) is 9.13 Å². The molecule has 17 nitrogen and oxygen atoms in total. The topological polar surface area (TPSA) is 237 Å². The number of aliphatic hydroxyl groups is 1. The summed E-state index contributed by atoms with van der Waals surface area (Å²) < 4.78 is 68.7. The quantitative estimate of drug-likeness (QED) is 0.0222. The maximum Gasteiger partial charge on any atom is 0.472 e.